The van der Waals surface area contributed by atoms with E-state index in [-0.39, 0.29) is 29.1 Å². The summed E-state index contributed by atoms with van der Waals surface area (Å²) in [6.45, 7) is 3.88. The fourth-order valence-electron chi connectivity index (χ4n) is 3.25. The second-order valence-electron chi connectivity index (χ2n) is 7.18. The first-order valence-corrected chi connectivity index (χ1v) is 10.3. The molecule has 0 spiro atoms. The molecule has 3 aromatic rings. The third kappa shape index (κ3) is 4.72. The van der Waals surface area contributed by atoms with Gasteiger partial charge in [0.15, 0.2) is 17.3 Å². The van der Waals surface area contributed by atoms with Crippen LogP contribution in [0.25, 0.3) is 0 Å². The average molecular weight is 445 g/mol. The van der Waals surface area contributed by atoms with E-state index in [0.29, 0.717) is 23.7 Å². The summed E-state index contributed by atoms with van der Waals surface area (Å²) in [7, 11) is 1.99. The summed E-state index contributed by atoms with van der Waals surface area (Å²) in [5.41, 5.74) is 13.4. The lowest BCUT2D eigenvalue weighted by Gasteiger charge is -2.15. The van der Waals surface area contributed by atoms with Crippen LogP contribution in [0, 0.1) is 11.3 Å². The quantitative estimate of drug-likeness (QED) is 0.560. The van der Waals surface area contributed by atoms with Crippen LogP contribution < -0.4 is 25.7 Å². The number of ether oxygens (including phenoxy) is 3. The van der Waals surface area contributed by atoms with E-state index >= 15 is 0 Å². The van der Waals surface area contributed by atoms with Gasteiger partial charge in [-0.15, -0.1) is 0 Å². The van der Waals surface area contributed by atoms with Crippen LogP contribution >= 0.6 is 0 Å². The second-order valence-corrected chi connectivity index (χ2v) is 7.18. The van der Waals surface area contributed by atoms with Gasteiger partial charge >= 0.3 is 6.01 Å². The predicted molar refractivity (Wildman–Crippen MR) is 124 cm³/mol. The van der Waals surface area contributed by atoms with Crippen LogP contribution in [0.4, 0.5) is 11.5 Å². The Balaban J connectivity index is 1.63. The van der Waals surface area contributed by atoms with Gasteiger partial charge in [-0.25, -0.2) is 0 Å². The van der Waals surface area contributed by atoms with E-state index in [9.17, 15) is 5.26 Å². The highest BCUT2D eigenvalue weighted by Crippen LogP contribution is 2.37. The van der Waals surface area contributed by atoms with Gasteiger partial charge in [0.2, 0.25) is 0 Å². The Bertz CT molecular complexity index is 1250. The molecule has 4 rings (SSSR count). The molecule has 1 aliphatic rings. The van der Waals surface area contributed by atoms with Gasteiger partial charge in [-0.3, -0.25) is 4.99 Å². The fraction of sp³-hybridized carbons (Fsp3) is 0.217. The summed E-state index contributed by atoms with van der Waals surface area (Å²) < 4.78 is 17.3. The zero-order chi connectivity index (χ0) is 23.4. The molecule has 1 aliphatic heterocycles. The fourth-order valence-corrected chi connectivity index (χ4v) is 3.25. The van der Waals surface area contributed by atoms with Crippen LogP contribution in [0.2, 0.25) is 0 Å². The first-order valence-electron chi connectivity index (χ1n) is 10.3. The first-order chi connectivity index (χ1) is 16.0. The number of nitrogens with two attached hydrogens (primary N) is 2. The van der Waals surface area contributed by atoms with Gasteiger partial charge in [-0.1, -0.05) is 12.1 Å². The summed E-state index contributed by atoms with van der Waals surface area (Å²) in [5.74, 6) is 2.10. The molecule has 33 heavy (non-hydrogen) atoms. The largest absolute Gasteiger partial charge is 0.490 e. The van der Waals surface area contributed by atoms with Crippen molar-refractivity contribution in [2.45, 2.75) is 6.92 Å². The molecular weight excluding hydrogens is 422 g/mol. The number of aliphatic imine (C=N–C) groups is 1. The molecule has 10 nitrogen and oxygen atoms in total. The van der Waals surface area contributed by atoms with Crippen LogP contribution in [0.5, 0.6) is 29.1 Å². The molecular formula is C23H23N7O3. The molecule has 0 saturated heterocycles. The summed E-state index contributed by atoms with van der Waals surface area (Å²) in [6.07, 6.45) is 0. The number of benzene rings is 2. The zero-order valence-corrected chi connectivity index (χ0v) is 18.3. The normalized spacial score (nSPS) is 12.8. The lowest BCUT2D eigenvalue weighted by molar-refractivity contribution is 0.318. The minimum Gasteiger partial charge on any atom is -0.490 e. The Kier molecular flexibility index (Phi) is 6.13. The Morgan fingerprint density at radius 2 is 1.94 bits per heavy atom. The Morgan fingerprint density at radius 1 is 1.09 bits per heavy atom. The van der Waals surface area contributed by atoms with Crippen LogP contribution in [-0.4, -0.2) is 47.4 Å². The lowest BCUT2D eigenvalue weighted by Crippen LogP contribution is -2.23. The van der Waals surface area contributed by atoms with Crippen molar-refractivity contribution in [3.63, 3.8) is 0 Å². The minimum absolute atomic E-state index is 0.000420. The van der Waals surface area contributed by atoms with Gasteiger partial charge in [0.05, 0.1) is 24.8 Å². The van der Waals surface area contributed by atoms with E-state index < -0.39 is 0 Å². The number of rotatable bonds is 7. The molecule has 4 N–H and O–H groups in total. The highest BCUT2D eigenvalue weighted by atomic mass is 16.5. The molecule has 0 aliphatic carbocycles. The number of aromatic nitrogens is 2. The van der Waals surface area contributed by atoms with Crippen molar-refractivity contribution in [2.75, 3.05) is 38.2 Å². The number of likely N-dealkylation sites (N-methyl/N-ethyl adjacent to an activating group) is 1. The van der Waals surface area contributed by atoms with E-state index in [0.717, 1.165) is 24.5 Å². The molecule has 0 amide bonds. The standard InChI is InChI=1S/C23H23N7O3/c1-3-31-17-8-7-14(13-24)11-18(17)33-22-19(25)20(26)28-23(29-22)32-16-6-4-5-15(12-16)21-27-9-10-30(21)2/h4-8,11-12H,3,9-10,25H2,1-2H3,(H2,26,28,29). The number of hydrogen-bond donors (Lipinski definition) is 2. The molecule has 10 heteroatoms. The lowest BCUT2D eigenvalue weighted by atomic mass is 10.2. The van der Waals surface area contributed by atoms with E-state index in [4.69, 9.17) is 25.7 Å². The number of amidine groups is 1. The number of hydrogen-bond acceptors (Lipinski definition) is 10. The highest BCUT2D eigenvalue weighted by Gasteiger charge is 2.18. The van der Waals surface area contributed by atoms with Crippen molar-refractivity contribution in [2.24, 2.45) is 4.99 Å². The van der Waals surface area contributed by atoms with E-state index in [2.05, 4.69) is 25.9 Å². The first kappa shape index (κ1) is 21.7. The van der Waals surface area contributed by atoms with E-state index in [1.54, 1.807) is 18.2 Å². The molecule has 0 bridgehead atoms. The van der Waals surface area contributed by atoms with E-state index in [1.165, 1.54) is 6.07 Å². The number of nitriles is 1. The summed E-state index contributed by atoms with van der Waals surface area (Å²) in [5, 5.41) is 9.23. The molecule has 168 valence electrons. The Morgan fingerprint density at radius 3 is 2.67 bits per heavy atom. The predicted octanol–water partition coefficient (Wildman–Crippen LogP) is 3.19. The van der Waals surface area contributed by atoms with Gasteiger partial charge in [0, 0.05) is 25.2 Å². The summed E-state index contributed by atoms with van der Waals surface area (Å²) in [6, 6.07) is 14.3. The highest BCUT2D eigenvalue weighted by molar-refractivity contribution is 5.99. The average Bonchev–Trinajstić information content (AvgIpc) is 3.24. The van der Waals surface area contributed by atoms with Crippen molar-refractivity contribution in [1.29, 1.82) is 5.26 Å². The van der Waals surface area contributed by atoms with Crippen molar-refractivity contribution in [1.82, 2.24) is 14.9 Å². The van der Waals surface area contributed by atoms with Crippen molar-refractivity contribution in [3.8, 4) is 35.2 Å². The molecule has 0 radical (unpaired) electrons. The Hall–Kier alpha value is -4.52. The molecule has 0 saturated carbocycles. The maximum Gasteiger partial charge on any atom is 0.327 e. The van der Waals surface area contributed by atoms with Crippen LogP contribution in [-0.2, 0) is 0 Å². The van der Waals surface area contributed by atoms with Crippen LogP contribution in [0.15, 0.2) is 47.5 Å². The van der Waals surface area contributed by atoms with Crippen molar-refractivity contribution in [3.05, 3.63) is 53.6 Å². The third-order valence-electron chi connectivity index (χ3n) is 4.86. The number of nitrogen functional groups attached to an aromatic ring is 2. The zero-order valence-electron chi connectivity index (χ0n) is 18.3. The molecule has 0 unspecified atom stereocenters. The maximum atomic E-state index is 9.23. The van der Waals surface area contributed by atoms with E-state index in [1.807, 2.05) is 32.2 Å². The SMILES string of the molecule is CCOc1ccc(C#N)cc1Oc1nc(Oc2cccc(C3=NCCN3C)c2)nc(N)c1N. The van der Waals surface area contributed by atoms with Crippen molar-refractivity contribution >= 4 is 17.3 Å². The molecule has 2 aromatic carbocycles. The van der Waals surface area contributed by atoms with Gasteiger partial charge in [0.1, 0.15) is 17.3 Å². The summed E-state index contributed by atoms with van der Waals surface area (Å²) in [4.78, 5) is 15.0. The Labute approximate surface area is 191 Å². The monoisotopic (exact) mass is 445 g/mol. The van der Waals surface area contributed by atoms with Crippen LogP contribution in [0.3, 0.4) is 0 Å². The second kappa shape index (κ2) is 9.32. The minimum atomic E-state index is -0.0371. The molecule has 0 atom stereocenters. The number of nitrogens with zero attached hydrogens (tertiary/aromatic N) is 5. The number of anilines is 2. The molecule has 1 aromatic heterocycles. The van der Waals surface area contributed by atoms with Gasteiger partial charge in [-0.2, -0.15) is 15.2 Å². The van der Waals surface area contributed by atoms with Crippen LogP contribution in [0.1, 0.15) is 18.1 Å². The maximum absolute atomic E-state index is 9.23. The molecule has 2 heterocycles. The van der Waals surface area contributed by atoms with Gasteiger partial charge in [-0.05, 0) is 31.2 Å². The topological polar surface area (TPSA) is 145 Å². The smallest absolute Gasteiger partial charge is 0.327 e. The summed E-state index contributed by atoms with van der Waals surface area (Å²) >= 11 is 0. The van der Waals surface area contributed by atoms with Crippen molar-refractivity contribution < 1.29 is 14.2 Å². The molecule has 0 fully saturated rings. The third-order valence-corrected chi connectivity index (χ3v) is 4.86. The van der Waals surface area contributed by atoms with Gasteiger partial charge < -0.3 is 30.6 Å². The van der Waals surface area contributed by atoms with Gasteiger partial charge in [0.25, 0.3) is 5.88 Å².